The van der Waals surface area contributed by atoms with Crippen LogP contribution in [0.1, 0.15) is 63.5 Å². The molecule has 0 aliphatic heterocycles. The second-order valence-electron chi connectivity index (χ2n) is 8.82. The first-order chi connectivity index (χ1) is 15.9. The van der Waals surface area contributed by atoms with Crippen molar-refractivity contribution in [1.29, 1.82) is 0 Å². The summed E-state index contributed by atoms with van der Waals surface area (Å²) >= 11 is 14.0. The van der Waals surface area contributed by atoms with Crippen LogP contribution in [0.5, 0.6) is 0 Å². The fourth-order valence-electron chi connectivity index (χ4n) is 4.15. The predicted octanol–water partition coefficient (Wildman–Crippen LogP) is 4.82. The van der Waals surface area contributed by atoms with Crippen LogP contribution in [0.3, 0.4) is 0 Å². The number of aliphatic hydroxyl groups excluding tert-OH is 2. The minimum absolute atomic E-state index is 0.142. The molecule has 3 rings (SSSR count). The van der Waals surface area contributed by atoms with Crippen LogP contribution in [0.4, 0.5) is 5.13 Å². The summed E-state index contributed by atoms with van der Waals surface area (Å²) in [5.74, 6) is 0.302. The zero-order valence-corrected chi connectivity index (χ0v) is 21.4. The average molecular weight is 517 g/mol. The Hall–Kier alpha value is -0.930. The van der Waals surface area contributed by atoms with Gasteiger partial charge in [0.25, 0.3) is 0 Å². The zero-order chi connectivity index (χ0) is 23.8. The molecular formula is C24H35Cl2N3O3S. The number of hydrogen-bond acceptors (Lipinski definition) is 7. The molecule has 184 valence electrons. The SMILES string of the molecule is CCCCN(CC1=CCC(C(O)NCCC(O)O)CC1)c1nc(C2C=CC(Cl)=C(Cl)C2)cs1. The Balaban J connectivity index is 1.59. The lowest BCUT2D eigenvalue weighted by Crippen LogP contribution is -2.38. The highest BCUT2D eigenvalue weighted by Crippen LogP contribution is 2.37. The highest BCUT2D eigenvalue weighted by molar-refractivity contribution is 7.13. The monoisotopic (exact) mass is 515 g/mol. The summed E-state index contributed by atoms with van der Waals surface area (Å²) in [6, 6.07) is 0. The number of halogens is 2. The first-order valence-corrected chi connectivity index (χ1v) is 13.4. The van der Waals surface area contributed by atoms with Crippen molar-refractivity contribution in [3.63, 3.8) is 0 Å². The van der Waals surface area contributed by atoms with E-state index in [0.29, 0.717) is 23.0 Å². The van der Waals surface area contributed by atoms with Gasteiger partial charge < -0.3 is 20.2 Å². The van der Waals surface area contributed by atoms with E-state index in [4.69, 9.17) is 38.4 Å². The highest BCUT2D eigenvalue weighted by Gasteiger charge is 2.24. The van der Waals surface area contributed by atoms with Gasteiger partial charge in [0.15, 0.2) is 11.4 Å². The first-order valence-electron chi connectivity index (χ1n) is 11.8. The van der Waals surface area contributed by atoms with E-state index in [1.54, 1.807) is 11.3 Å². The molecule has 3 atom stereocenters. The van der Waals surface area contributed by atoms with Gasteiger partial charge in [-0.3, -0.25) is 5.32 Å². The maximum Gasteiger partial charge on any atom is 0.185 e. The van der Waals surface area contributed by atoms with Crippen molar-refractivity contribution in [2.45, 2.75) is 70.3 Å². The number of thiazole rings is 1. The van der Waals surface area contributed by atoms with Gasteiger partial charge in [0.1, 0.15) is 6.23 Å². The smallest absolute Gasteiger partial charge is 0.185 e. The number of nitrogens with one attached hydrogen (secondary N) is 1. The summed E-state index contributed by atoms with van der Waals surface area (Å²) in [7, 11) is 0. The van der Waals surface area contributed by atoms with Gasteiger partial charge in [-0.15, -0.1) is 11.3 Å². The van der Waals surface area contributed by atoms with Gasteiger partial charge in [0, 0.05) is 48.3 Å². The lowest BCUT2D eigenvalue weighted by Gasteiger charge is -2.30. The summed E-state index contributed by atoms with van der Waals surface area (Å²) in [6.45, 7) is 4.40. The number of unbranched alkanes of at least 4 members (excludes halogenated alkanes) is 1. The minimum Gasteiger partial charge on any atom is -0.378 e. The Morgan fingerprint density at radius 2 is 2.12 bits per heavy atom. The summed E-state index contributed by atoms with van der Waals surface area (Å²) in [5, 5.41) is 35.7. The Labute approximate surface area is 210 Å². The largest absolute Gasteiger partial charge is 0.378 e. The van der Waals surface area contributed by atoms with E-state index in [0.717, 1.165) is 56.0 Å². The molecule has 6 nitrogen and oxygen atoms in total. The predicted molar refractivity (Wildman–Crippen MR) is 137 cm³/mol. The van der Waals surface area contributed by atoms with Crippen LogP contribution in [0.25, 0.3) is 0 Å². The number of aromatic nitrogens is 1. The number of rotatable bonds is 12. The molecule has 0 bridgehead atoms. The highest BCUT2D eigenvalue weighted by atomic mass is 35.5. The van der Waals surface area contributed by atoms with Gasteiger partial charge in [0.2, 0.25) is 0 Å². The number of hydrogen-bond donors (Lipinski definition) is 4. The Morgan fingerprint density at radius 3 is 2.79 bits per heavy atom. The van der Waals surface area contributed by atoms with Gasteiger partial charge in [-0.25, -0.2) is 4.98 Å². The van der Waals surface area contributed by atoms with Crippen molar-refractivity contribution in [3.8, 4) is 0 Å². The molecule has 0 radical (unpaired) electrons. The standard InChI is InChI=1S/C24H35Cl2N3O3S/c1-2-3-12-29(24-28-21(15-33-24)18-8-9-19(25)20(26)13-18)14-16-4-6-17(7-5-16)23(32)27-11-10-22(30)31/h4,8-9,15,17-18,22-23,27,30-32H,2-3,5-7,10-14H2,1H3. The van der Waals surface area contributed by atoms with Crippen molar-refractivity contribution >= 4 is 39.7 Å². The van der Waals surface area contributed by atoms with Crippen LogP contribution < -0.4 is 10.2 Å². The molecule has 2 aliphatic rings. The molecule has 1 aromatic heterocycles. The molecule has 1 heterocycles. The van der Waals surface area contributed by atoms with E-state index in [1.807, 2.05) is 6.08 Å². The van der Waals surface area contributed by atoms with Crippen molar-refractivity contribution < 1.29 is 15.3 Å². The summed E-state index contributed by atoms with van der Waals surface area (Å²) in [6.07, 6.45) is 10.0. The molecule has 4 N–H and O–H groups in total. The molecule has 0 amide bonds. The lowest BCUT2D eigenvalue weighted by molar-refractivity contribution is -0.0477. The molecular weight excluding hydrogens is 481 g/mol. The third-order valence-electron chi connectivity index (χ3n) is 6.22. The van der Waals surface area contributed by atoms with Crippen LogP contribution in [-0.4, -0.2) is 52.5 Å². The second-order valence-corrected chi connectivity index (χ2v) is 10.5. The maximum atomic E-state index is 10.4. The average Bonchev–Trinajstić information content (AvgIpc) is 3.29. The molecule has 0 saturated heterocycles. The quantitative estimate of drug-likeness (QED) is 0.235. The minimum atomic E-state index is -1.34. The third-order valence-corrected chi connectivity index (χ3v) is 7.95. The van der Waals surface area contributed by atoms with E-state index in [1.165, 1.54) is 5.57 Å². The fraction of sp³-hybridized carbons (Fsp3) is 0.625. The number of allylic oxidation sites excluding steroid dienone is 5. The van der Waals surface area contributed by atoms with Crippen LogP contribution in [-0.2, 0) is 0 Å². The van der Waals surface area contributed by atoms with Gasteiger partial charge in [-0.2, -0.15) is 0 Å². The van der Waals surface area contributed by atoms with Gasteiger partial charge >= 0.3 is 0 Å². The van der Waals surface area contributed by atoms with Crippen molar-refractivity contribution in [2.75, 3.05) is 24.5 Å². The molecule has 9 heteroatoms. The molecule has 0 fully saturated rings. The van der Waals surface area contributed by atoms with Crippen molar-refractivity contribution in [1.82, 2.24) is 10.3 Å². The van der Waals surface area contributed by atoms with Crippen LogP contribution in [0, 0.1) is 5.92 Å². The van der Waals surface area contributed by atoms with Gasteiger partial charge in [-0.1, -0.05) is 54.3 Å². The van der Waals surface area contributed by atoms with Gasteiger partial charge in [0.05, 0.1) is 10.7 Å². The van der Waals surface area contributed by atoms with Crippen LogP contribution in [0.2, 0.25) is 0 Å². The van der Waals surface area contributed by atoms with Crippen LogP contribution in [0.15, 0.2) is 39.2 Å². The first kappa shape index (κ1) is 26.7. The van der Waals surface area contributed by atoms with E-state index in [9.17, 15) is 5.11 Å². The Kier molecular flexibility index (Phi) is 10.7. The molecule has 1 aromatic rings. The Morgan fingerprint density at radius 1 is 1.30 bits per heavy atom. The van der Waals surface area contributed by atoms with Crippen LogP contribution >= 0.6 is 34.5 Å². The normalized spacial score (nSPS) is 22.1. The maximum absolute atomic E-state index is 10.4. The molecule has 0 spiro atoms. The number of nitrogens with zero attached hydrogens (tertiary/aromatic N) is 2. The second kappa shape index (κ2) is 13.2. The molecule has 2 aliphatic carbocycles. The third kappa shape index (κ3) is 8.06. The fourth-order valence-corrected chi connectivity index (χ4v) is 5.44. The topological polar surface area (TPSA) is 88.9 Å². The number of anilines is 1. The summed E-state index contributed by atoms with van der Waals surface area (Å²) in [5.41, 5.74) is 2.42. The zero-order valence-electron chi connectivity index (χ0n) is 19.1. The van der Waals surface area contributed by atoms with E-state index in [2.05, 4.69) is 34.7 Å². The van der Waals surface area contributed by atoms with Crippen molar-refractivity contribution in [3.05, 3.63) is 44.9 Å². The molecule has 0 aromatic carbocycles. The van der Waals surface area contributed by atoms with E-state index >= 15 is 0 Å². The van der Waals surface area contributed by atoms with E-state index < -0.39 is 12.5 Å². The lowest BCUT2D eigenvalue weighted by atomic mass is 9.88. The van der Waals surface area contributed by atoms with Gasteiger partial charge in [-0.05, 0) is 38.2 Å². The Bertz CT molecular complexity index is 856. The molecule has 3 unspecified atom stereocenters. The summed E-state index contributed by atoms with van der Waals surface area (Å²) in [4.78, 5) is 7.33. The molecule has 33 heavy (non-hydrogen) atoms. The summed E-state index contributed by atoms with van der Waals surface area (Å²) < 4.78 is 0. The molecule has 0 saturated carbocycles. The number of aliphatic hydroxyl groups is 3. The van der Waals surface area contributed by atoms with E-state index in [-0.39, 0.29) is 18.3 Å². The van der Waals surface area contributed by atoms with Crippen molar-refractivity contribution in [2.24, 2.45) is 5.92 Å².